The van der Waals surface area contributed by atoms with Gasteiger partial charge in [-0.1, -0.05) is 24.3 Å². The molecule has 1 aliphatic heterocycles. The summed E-state index contributed by atoms with van der Waals surface area (Å²) in [6.45, 7) is 1.58. The number of nitrogens with one attached hydrogen (secondary N) is 2. The van der Waals surface area contributed by atoms with Crippen LogP contribution < -0.4 is 15.4 Å². The van der Waals surface area contributed by atoms with Crippen LogP contribution in [0.15, 0.2) is 36.4 Å². The van der Waals surface area contributed by atoms with Gasteiger partial charge in [-0.05, 0) is 12.1 Å². The number of anilines is 1. The van der Waals surface area contributed by atoms with Gasteiger partial charge in [0.1, 0.15) is 11.9 Å². The van der Waals surface area contributed by atoms with E-state index in [2.05, 4.69) is 15.4 Å². The standard InChI is InChI=1S/C18H20N2O5/c1-23-17(21)11-25-15-7-6-14(12-4-2-3-5-13(12)15)20-18(22)16-10-19-8-9-24-16/h2-7,16,19H,8-11H2,1H3,(H,20,22). The maximum absolute atomic E-state index is 12.4. The van der Waals surface area contributed by atoms with Crippen molar-refractivity contribution in [2.24, 2.45) is 0 Å². The Labute approximate surface area is 145 Å². The molecule has 2 aromatic carbocycles. The summed E-state index contributed by atoms with van der Waals surface area (Å²) in [5.41, 5.74) is 0.667. The fraction of sp³-hybridized carbons (Fsp3) is 0.333. The molecule has 0 saturated carbocycles. The molecule has 0 spiro atoms. The van der Waals surface area contributed by atoms with Gasteiger partial charge in [0.25, 0.3) is 5.91 Å². The Morgan fingerprint density at radius 1 is 1.24 bits per heavy atom. The first-order chi connectivity index (χ1) is 12.2. The van der Waals surface area contributed by atoms with Crippen molar-refractivity contribution in [3.05, 3.63) is 36.4 Å². The van der Waals surface area contributed by atoms with Crippen LogP contribution in [0.2, 0.25) is 0 Å². The van der Waals surface area contributed by atoms with Gasteiger partial charge in [-0.2, -0.15) is 0 Å². The van der Waals surface area contributed by atoms with Crippen molar-refractivity contribution in [3.8, 4) is 5.75 Å². The van der Waals surface area contributed by atoms with Crippen molar-refractivity contribution in [1.29, 1.82) is 0 Å². The number of methoxy groups -OCH3 is 1. The number of hydrogen-bond donors (Lipinski definition) is 2. The van der Waals surface area contributed by atoms with Gasteiger partial charge < -0.3 is 24.8 Å². The number of ether oxygens (including phenoxy) is 3. The number of rotatable bonds is 5. The average molecular weight is 344 g/mol. The van der Waals surface area contributed by atoms with Gasteiger partial charge in [-0.3, -0.25) is 4.79 Å². The van der Waals surface area contributed by atoms with Gasteiger partial charge in [0.05, 0.1) is 13.7 Å². The summed E-state index contributed by atoms with van der Waals surface area (Å²) in [7, 11) is 1.31. The SMILES string of the molecule is COC(=O)COc1ccc(NC(=O)C2CNCCO2)c2ccccc12. The Hall–Kier alpha value is -2.64. The molecule has 7 nitrogen and oxygen atoms in total. The molecular weight excluding hydrogens is 324 g/mol. The molecule has 25 heavy (non-hydrogen) atoms. The smallest absolute Gasteiger partial charge is 0.343 e. The number of hydrogen-bond acceptors (Lipinski definition) is 6. The Balaban J connectivity index is 1.82. The highest BCUT2D eigenvalue weighted by Crippen LogP contribution is 2.31. The molecule has 3 rings (SSSR count). The summed E-state index contributed by atoms with van der Waals surface area (Å²) in [4.78, 5) is 23.7. The lowest BCUT2D eigenvalue weighted by molar-refractivity contribution is -0.142. The highest BCUT2D eigenvalue weighted by Gasteiger charge is 2.22. The normalized spacial score (nSPS) is 17.1. The molecule has 0 aromatic heterocycles. The number of carbonyl (C=O) groups is 2. The lowest BCUT2D eigenvalue weighted by Gasteiger charge is -2.23. The van der Waals surface area contributed by atoms with Crippen molar-refractivity contribution in [2.45, 2.75) is 6.10 Å². The van der Waals surface area contributed by atoms with Crippen LogP contribution in [0.4, 0.5) is 5.69 Å². The molecule has 0 aliphatic carbocycles. The predicted molar refractivity (Wildman–Crippen MR) is 92.7 cm³/mol. The van der Waals surface area contributed by atoms with Gasteiger partial charge in [0.15, 0.2) is 6.61 Å². The Morgan fingerprint density at radius 3 is 2.76 bits per heavy atom. The fourth-order valence-electron chi connectivity index (χ4n) is 2.65. The van der Waals surface area contributed by atoms with Crippen molar-refractivity contribution in [1.82, 2.24) is 5.32 Å². The molecule has 1 atom stereocenters. The van der Waals surface area contributed by atoms with E-state index in [1.807, 2.05) is 24.3 Å². The minimum absolute atomic E-state index is 0.173. The number of morpholine rings is 1. The molecule has 7 heteroatoms. The second kappa shape index (κ2) is 7.96. The third-order valence-electron chi connectivity index (χ3n) is 3.94. The van der Waals surface area contributed by atoms with E-state index in [9.17, 15) is 9.59 Å². The third-order valence-corrected chi connectivity index (χ3v) is 3.94. The molecule has 2 N–H and O–H groups in total. The summed E-state index contributed by atoms with van der Waals surface area (Å²) in [5.74, 6) is -0.0985. The van der Waals surface area contributed by atoms with Crippen molar-refractivity contribution in [2.75, 3.05) is 38.7 Å². The maximum Gasteiger partial charge on any atom is 0.343 e. The van der Waals surface area contributed by atoms with Crippen molar-refractivity contribution >= 4 is 28.3 Å². The predicted octanol–water partition coefficient (Wildman–Crippen LogP) is 1.32. The van der Waals surface area contributed by atoms with Gasteiger partial charge in [0, 0.05) is 29.5 Å². The second-order valence-electron chi connectivity index (χ2n) is 5.57. The zero-order chi connectivity index (χ0) is 17.6. The summed E-state index contributed by atoms with van der Waals surface area (Å²) >= 11 is 0. The summed E-state index contributed by atoms with van der Waals surface area (Å²) in [6.07, 6.45) is -0.511. The van der Waals surface area contributed by atoms with Crippen LogP contribution in [0.5, 0.6) is 5.75 Å². The lowest BCUT2D eigenvalue weighted by Crippen LogP contribution is -2.45. The number of fused-ring (bicyclic) bond motifs is 1. The number of esters is 1. The quantitative estimate of drug-likeness (QED) is 0.796. The van der Waals surface area contributed by atoms with Crippen LogP contribution in [0.1, 0.15) is 0 Å². The average Bonchev–Trinajstić information content (AvgIpc) is 2.67. The van der Waals surface area contributed by atoms with Crippen LogP contribution in [-0.2, 0) is 19.1 Å². The largest absolute Gasteiger partial charge is 0.481 e. The first kappa shape index (κ1) is 17.2. The topological polar surface area (TPSA) is 85.9 Å². The highest BCUT2D eigenvalue weighted by molar-refractivity contribution is 6.05. The molecule has 132 valence electrons. The zero-order valence-electron chi connectivity index (χ0n) is 13.9. The second-order valence-corrected chi connectivity index (χ2v) is 5.57. The summed E-state index contributed by atoms with van der Waals surface area (Å²) in [6, 6.07) is 11.0. The van der Waals surface area contributed by atoms with E-state index < -0.39 is 12.1 Å². The molecule has 1 amide bonds. The monoisotopic (exact) mass is 344 g/mol. The van der Waals surface area contributed by atoms with Crippen LogP contribution in [-0.4, -0.2) is 51.4 Å². The Morgan fingerprint density at radius 2 is 2.04 bits per heavy atom. The van der Waals surface area contributed by atoms with E-state index in [0.717, 1.165) is 17.3 Å². The Bertz CT molecular complexity index is 771. The number of benzene rings is 2. The van der Waals surface area contributed by atoms with Crippen LogP contribution in [0.25, 0.3) is 10.8 Å². The molecule has 1 unspecified atom stereocenters. The van der Waals surface area contributed by atoms with Gasteiger partial charge in [-0.15, -0.1) is 0 Å². The number of carbonyl (C=O) groups excluding carboxylic acids is 2. The highest BCUT2D eigenvalue weighted by atomic mass is 16.6. The minimum atomic E-state index is -0.511. The Kier molecular flexibility index (Phi) is 5.47. The fourth-order valence-corrected chi connectivity index (χ4v) is 2.65. The zero-order valence-corrected chi connectivity index (χ0v) is 13.9. The van der Waals surface area contributed by atoms with Crippen LogP contribution in [0, 0.1) is 0 Å². The molecular formula is C18H20N2O5. The minimum Gasteiger partial charge on any atom is -0.481 e. The molecule has 0 bridgehead atoms. The molecule has 0 radical (unpaired) electrons. The van der Waals surface area contributed by atoms with E-state index in [1.54, 1.807) is 12.1 Å². The van der Waals surface area contributed by atoms with E-state index in [-0.39, 0.29) is 12.5 Å². The van der Waals surface area contributed by atoms with Crippen molar-refractivity contribution < 1.29 is 23.8 Å². The van der Waals surface area contributed by atoms with E-state index in [1.165, 1.54) is 7.11 Å². The first-order valence-electron chi connectivity index (χ1n) is 8.03. The maximum atomic E-state index is 12.4. The van der Waals surface area contributed by atoms with E-state index >= 15 is 0 Å². The van der Waals surface area contributed by atoms with E-state index in [4.69, 9.17) is 9.47 Å². The summed E-state index contributed by atoms with van der Waals surface area (Å²) < 4.78 is 15.6. The molecule has 1 aliphatic rings. The van der Waals surface area contributed by atoms with Gasteiger partial charge >= 0.3 is 5.97 Å². The molecule has 2 aromatic rings. The molecule has 1 saturated heterocycles. The van der Waals surface area contributed by atoms with Crippen LogP contribution in [0.3, 0.4) is 0 Å². The van der Waals surface area contributed by atoms with Gasteiger partial charge in [-0.25, -0.2) is 4.79 Å². The number of amides is 1. The third kappa shape index (κ3) is 4.07. The summed E-state index contributed by atoms with van der Waals surface area (Å²) in [5, 5.41) is 7.66. The van der Waals surface area contributed by atoms with Crippen LogP contribution >= 0.6 is 0 Å². The van der Waals surface area contributed by atoms with E-state index in [0.29, 0.717) is 24.6 Å². The molecule has 1 fully saturated rings. The lowest BCUT2D eigenvalue weighted by atomic mass is 10.1. The molecule has 1 heterocycles. The van der Waals surface area contributed by atoms with Crippen molar-refractivity contribution in [3.63, 3.8) is 0 Å². The first-order valence-corrected chi connectivity index (χ1v) is 8.03. The van der Waals surface area contributed by atoms with Gasteiger partial charge in [0.2, 0.25) is 0 Å².